The number of rotatable bonds is 3. The van der Waals surface area contributed by atoms with E-state index in [1.54, 1.807) is 59.1 Å². The lowest BCUT2D eigenvalue weighted by Gasteiger charge is -2.30. The topological polar surface area (TPSA) is 98.8 Å². The Morgan fingerprint density at radius 2 is 1.88 bits per heavy atom. The molecular weight excluding hydrogens is 428 g/mol. The van der Waals surface area contributed by atoms with Crippen molar-refractivity contribution in [1.82, 2.24) is 4.90 Å². The van der Waals surface area contributed by atoms with Crippen molar-refractivity contribution in [3.63, 3.8) is 0 Å². The average Bonchev–Trinajstić information content (AvgIpc) is 3.28. The monoisotopic (exact) mass is 450 g/mol. The third-order valence-corrected chi connectivity index (χ3v) is 7.67. The Hall–Kier alpha value is -3.33. The Bertz CT molecular complexity index is 1140. The summed E-state index contributed by atoms with van der Waals surface area (Å²) in [6, 6.07) is 13.2. The molecule has 9 heteroatoms. The summed E-state index contributed by atoms with van der Waals surface area (Å²) in [6.45, 7) is 1.95. The van der Waals surface area contributed by atoms with Gasteiger partial charge in [-0.2, -0.15) is 0 Å². The number of nitrogens with zero attached hydrogens (tertiary/aromatic N) is 2. The Morgan fingerprint density at radius 3 is 2.66 bits per heavy atom. The van der Waals surface area contributed by atoms with Gasteiger partial charge in [0.2, 0.25) is 17.7 Å². The number of thioether (sulfide) groups is 1. The fourth-order valence-corrected chi connectivity index (χ4v) is 5.94. The molecule has 2 saturated heterocycles. The number of amides is 4. The van der Waals surface area contributed by atoms with Gasteiger partial charge in [0.25, 0.3) is 5.91 Å². The zero-order valence-corrected chi connectivity index (χ0v) is 18.3. The highest BCUT2D eigenvalue weighted by molar-refractivity contribution is 8.01. The number of hydrogen-bond acceptors (Lipinski definition) is 5. The van der Waals surface area contributed by atoms with Crippen molar-refractivity contribution in [1.29, 1.82) is 0 Å². The number of hydrogen-bond donors (Lipinski definition) is 2. The molecule has 164 valence electrons. The first-order chi connectivity index (χ1) is 15.4. The zero-order chi connectivity index (χ0) is 22.5. The lowest BCUT2D eigenvalue weighted by Crippen LogP contribution is -2.48. The maximum atomic E-state index is 13.1. The molecule has 2 atom stereocenters. The van der Waals surface area contributed by atoms with E-state index in [0.29, 0.717) is 34.8 Å². The van der Waals surface area contributed by atoms with E-state index in [1.807, 2.05) is 13.0 Å². The van der Waals surface area contributed by atoms with E-state index >= 15 is 0 Å². The van der Waals surface area contributed by atoms with Crippen molar-refractivity contribution in [3.8, 4) is 0 Å². The molecule has 32 heavy (non-hydrogen) atoms. The Kier molecular flexibility index (Phi) is 4.93. The predicted molar refractivity (Wildman–Crippen MR) is 123 cm³/mol. The van der Waals surface area contributed by atoms with Gasteiger partial charge in [-0.05, 0) is 49.7 Å². The van der Waals surface area contributed by atoms with Crippen LogP contribution in [0.5, 0.6) is 0 Å². The van der Waals surface area contributed by atoms with Gasteiger partial charge in [0.05, 0.1) is 16.2 Å². The van der Waals surface area contributed by atoms with E-state index in [-0.39, 0.29) is 35.0 Å². The lowest BCUT2D eigenvalue weighted by molar-refractivity contribution is -0.135. The molecule has 0 aliphatic carbocycles. The van der Waals surface area contributed by atoms with Gasteiger partial charge in [-0.1, -0.05) is 12.1 Å². The van der Waals surface area contributed by atoms with Crippen LogP contribution < -0.4 is 15.5 Å². The number of fused-ring (bicyclic) bond motifs is 2. The van der Waals surface area contributed by atoms with Crippen LogP contribution in [0.15, 0.2) is 48.5 Å². The van der Waals surface area contributed by atoms with Gasteiger partial charge in [-0.25, -0.2) is 0 Å². The van der Waals surface area contributed by atoms with E-state index in [4.69, 9.17) is 0 Å². The molecule has 3 aliphatic rings. The second kappa shape index (κ2) is 7.67. The maximum Gasteiger partial charge on any atom is 0.258 e. The molecule has 4 amide bonds. The molecule has 2 aromatic carbocycles. The molecule has 2 aromatic rings. The molecule has 3 heterocycles. The summed E-state index contributed by atoms with van der Waals surface area (Å²) in [5, 5.41) is 5.63. The Morgan fingerprint density at radius 1 is 1.12 bits per heavy atom. The minimum Gasteiger partial charge on any atom is -0.324 e. The number of carbonyl (C=O) groups excluding carboxylic acids is 4. The van der Waals surface area contributed by atoms with Crippen LogP contribution in [0.25, 0.3) is 0 Å². The van der Waals surface area contributed by atoms with Crippen LogP contribution in [-0.2, 0) is 14.4 Å². The largest absolute Gasteiger partial charge is 0.324 e. The normalized spacial score (nSPS) is 24.1. The van der Waals surface area contributed by atoms with Crippen molar-refractivity contribution >= 4 is 52.5 Å². The molecule has 3 aliphatic heterocycles. The van der Waals surface area contributed by atoms with E-state index in [9.17, 15) is 19.2 Å². The highest BCUT2D eigenvalue weighted by Gasteiger charge is 2.52. The van der Waals surface area contributed by atoms with Gasteiger partial charge in [-0.3, -0.25) is 24.1 Å². The van der Waals surface area contributed by atoms with Crippen molar-refractivity contribution in [3.05, 3.63) is 54.1 Å². The van der Waals surface area contributed by atoms with Crippen LogP contribution in [0.3, 0.4) is 0 Å². The summed E-state index contributed by atoms with van der Waals surface area (Å²) in [5.74, 6) is -0.183. The smallest absolute Gasteiger partial charge is 0.258 e. The SMILES string of the molecule is CC12CCC(=O)N1C(C(=O)Nc1ccc(C(=O)N3CC(=O)Nc4ccccc43)cc1)CS2. The van der Waals surface area contributed by atoms with Crippen LogP contribution in [0.4, 0.5) is 17.1 Å². The first-order valence-corrected chi connectivity index (χ1v) is 11.4. The minimum atomic E-state index is -0.496. The summed E-state index contributed by atoms with van der Waals surface area (Å²) in [7, 11) is 0. The summed E-state index contributed by atoms with van der Waals surface area (Å²) < 4.78 is 0. The lowest BCUT2D eigenvalue weighted by atomic mass is 10.1. The van der Waals surface area contributed by atoms with Crippen LogP contribution >= 0.6 is 11.8 Å². The summed E-state index contributed by atoms with van der Waals surface area (Å²) in [6.07, 6.45) is 1.23. The molecule has 2 fully saturated rings. The molecule has 0 aromatic heterocycles. The predicted octanol–water partition coefficient (Wildman–Crippen LogP) is 2.68. The van der Waals surface area contributed by atoms with Crippen molar-refractivity contribution in [2.75, 3.05) is 27.8 Å². The second-order valence-electron chi connectivity index (χ2n) is 8.29. The highest BCUT2D eigenvalue weighted by atomic mass is 32.2. The van der Waals surface area contributed by atoms with Gasteiger partial charge in [-0.15, -0.1) is 11.8 Å². The number of para-hydroxylation sites is 2. The fourth-order valence-electron chi connectivity index (χ4n) is 4.51. The van der Waals surface area contributed by atoms with Crippen molar-refractivity contribution in [2.45, 2.75) is 30.7 Å². The zero-order valence-electron chi connectivity index (χ0n) is 17.5. The van der Waals surface area contributed by atoms with E-state index in [0.717, 1.165) is 6.42 Å². The first kappa shape index (κ1) is 20.6. The molecule has 2 unspecified atom stereocenters. The average molecular weight is 451 g/mol. The standard InChI is InChI=1S/C23H22N4O4S/c1-23-11-10-20(29)27(23)18(13-32-23)21(30)24-15-8-6-14(7-9-15)22(31)26-12-19(28)25-16-4-2-3-5-17(16)26/h2-9,18H,10-13H2,1H3,(H,24,30)(H,25,28). The van der Waals surface area contributed by atoms with Crippen LogP contribution in [0, 0.1) is 0 Å². The van der Waals surface area contributed by atoms with Gasteiger partial charge in [0, 0.05) is 23.4 Å². The molecule has 0 bridgehead atoms. The van der Waals surface area contributed by atoms with E-state index < -0.39 is 6.04 Å². The molecular formula is C23H22N4O4S. The van der Waals surface area contributed by atoms with Crippen LogP contribution in [-0.4, -0.2) is 51.7 Å². The third kappa shape index (κ3) is 3.42. The number of carbonyl (C=O) groups is 4. The molecule has 0 radical (unpaired) electrons. The quantitative estimate of drug-likeness (QED) is 0.749. The molecule has 5 rings (SSSR count). The van der Waals surface area contributed by atoms with Crippen molar-refractivity contribution < 1.29 is 19.2 Å². The summed E-state index contributed by atoms with van der Waals surface area (Å²) in [4.78, 5) is 53.0. The number of benzene rings is 2. The van der Waals surface area contributed by atoms with Crippen LogP contribution in [0.2, 0.25) is 0 Å². The number of nitrogens with one attached hydrogen (secondary N) is 2. The molecule has 8 nitrogen and oxygen atoms in total. The van der Waals surface area contributed by atoms with Gasteiger partial charge >= 0.3 is 0 Å². The highest BCUT2D eigenvalue weighted by Crippen LogP contribution is 2.47. The minimum absolute atomic E-state index is 0.0180. The molecule has 0 saturated carbocycles. The van der Waals surface area contributed by atoms with Gasteiger partial charge in [0.1, 0.15) is 12.6 Å². The molecule has 2 N–H and O–H groups in total. The second-order valence-corrected chi connectivity index (χ2v) is 9.79. The molecule has 0 spiro atoms. The van der Waals surface area contributed by atoms with Crippen molar-refractivity contribution in [2.24, 2.45) is 0 Å². The Labute approximate surface area is 189 Å². The van der Waals surface area contributed by atoms with E-state index in [2.05, 4.69) is 10.6 Å². The summed E-state index contributed by atoms with van der Waals surface area (Å²) in [5.41, 5.74) is 2.20. The van der Waals surface area contributed by atoms with Crippen LogP contribution in [0.1, 0.15) is 30.1 Å². The van der Waals surface area contributed by atoms with Gasteiger partial charge in [0.15, 0.2) is 0 Å². The maximum absolute atomic E-state index is 13.1. The van der Waals surface area contributed by atoms with E-state index in [1.165, 1.54) is 4.90 Å². The van der Waals surface area contributed by atoms with Gasteiger partial charge < -0.3 is 15.5 Å². The fraction of sp³-hybridized carbons (Fsp3) is 0.304. The Balaban J connectivity index is 1.30. The third-order valence-electron chi connectivity index (χ3n) is 6.16. The number of anilines is 3. The first-order valence-electron chi connectivity index (χ1n) is 10.4. The summed E-state index contributed by atoms with van der Waals surface area (Å²) >= 11 is 1.64.